The van der Waals surface area contributed by atoms with Crippen LogP contribution in [0, 0.1) is 6.92 Å². The van der Waals surface area contributed by atoms with Gasteiger partial charge in [0.1, 0.15) is 10.4 Å². The van der Waals surface area contributed by atoms with Crippen LogP contribution in [0.15, 0.2) is 23.2 Å². The quantitative estimate of drug-likeness (QED) is 0.666. The number of imidazole rings is 1. The number of hydrogen-bond donors (Lipinski definition) is 0. The molecule has 0 radical (unpaired) electrons. The fourth-order valence-corrected chi connectivity index (χ4v) is 1.31. The van der Waals surface area contributed by atoms with Crippen LogP contribution >= 0.6 is 15.9 Å². The zero-order chi connectivity index (χ0) is 7.84. The van der Waals surface area contributed by atoms with Crippen molar-refractivity contribution in [2.45, 2.75) is 6.92 Å². The molecule has 0 aromatic carbocycles. The highest BCUT2D eigenvalue weighted by Crippen LogP contribution is 2.09. The molecular formula is C7H6BrN3. The fourth-order valence-electron chi connectivity index (χ4n) is 1.00. The van der Waals surface area contributed by atoms with E-state index < -0.39 is 0 Å². The third-order valence-corrected chi connectivity index (χ3v) is 1.98. The van der Waals surface area contributed by atoms with Crippen LogP contribution in [-0.2, 0) is 0 Å². The third kappa shape index (κ3) is 1.03. The monoisotopic (exact) mass is 211 g/mol. The Bertz CT molecular complexity index is 393. The predicted molar refractivity (Wildman–Crippen MR) is 45.4 cm³/mol. The minimum atomic E-state index is 0.825. The molecule has 0 saturated heterocycles. The molecule has 0 unspecified atom stereocenters. The summed E-state index contributed by atoms with van der Waals surface area (Å²) in [6.45, 7) is 1.96. The Balaban J connectivity index is 2.87. The van der Waals surface area contributed by atoms with Gasteiger partial charge in [0.15, 0.2) is 0 Å². The molecule has 11 heavy (non-hydrogen) atoms. The van der Waals surface area contributed by atoms with Gasteiger partial charge in [-0.25, -0.2) is 9.97 Å². The van der Waals surface area contributed by atoms with E-state index in [2.05, 4.69) is 25.9 Å². The van der Waals surface area contributed by atoms with Gasteiger partial charge < -0.3 is 0 Å². The maximum Gasteiger partial charge on any atom is 0.122 e. The van der Waals surface area contributed by atoms with E-state index in [-0.39, 0.29) is 0 Å². The van der Waals surface area contributed by atoms with E-state index in [1.807, 2.05) is 17.5 Å². The lowest BCUT2D eigenvalue weighted by molar-refractivity contribution is 1.02. The SMILES string of the molecule is Cc1ncc2cnc(Br)cn12. The lowest BCUT2D eigenvalue weighted by Crippen LogP contribution is -1.88. The van der Waals surface area contributed by atoms with E-state index in [4.69, 9.17) is 0 Å². The van der Waals surface area contributed by atoms with Gasteiger partial charge in [0.2, 0.25) is 0 Å². The number of halogens is 1. The van der Waals surface area contributed by atoms with Gasteiger partial charge in [0, 0.05) is 6.20 Å². The number of nitrogens with zero attached hydrogens (tertiary/aromatic N) is 3. The summed E-state index contributed by atoms with van der Waals surface area (Å²) in [4.78, 5) is 8.22. The first kappa shape index (κ1) is 6.79. The van der Waals surface area contributed by atoms with Gasteiger partial charge in [-0.15, -0.1) is 0 Å². The molecule has 2 aromatic rings. The van der Waals surface area contributed by atoms with Crippen molar-refractivity contribution in [2.75, 3.05) is 0 Å². The summed E-state index contributed by atoms with van der Waals surface area (Å²) in [7, 11) is 0. The molecule has 0 bridgehead atoms. The highest BCUT2D eigenvalue weighted by molar-refractivity contribution is 9.10. The molecule has 0 spiro atoms. The molecule has 0 saturated carbocycles. The Morgan fingerprint density at radius 1 is 1.36 bits per heavy atom. The maximum absolute atomic E-state index is 4.14. The largest absolute Gasteiger partial charge is 0.300 e. The summed E-state index contributed by atoms with van der Waals surface area (Å²) in [6, 6.07) is 0. The summed E-state index contributed by atoms with van der Waals surface area (Å²) < 4.78 is 2.81. The van der Waals surface area contributed by atoms with Crippen molar-refractivity contribution in [3.63, 3.8) is 0 Å². The number of rotatable bonds is 0. The molecule has 0 aliphatic carbocycles. The molecule has 0 N–H and O–H groups in total. The minimum Gasteiger partial charge on any atom is -0.300 e. The van der Waals surface area contributed by atoms with Crippen LogP contribution in [-0.4, -0.2) is 14.4 Å². The number of aromatic nitrogens is 3. The Hall–Kier alpha value is -0.900. The summed E-state index contributed by atoms with van der Waals surface area (Å²) in [5.41, 5.74) is 1.02. The number of aryl methyl sites for hydroxylation is 1. The Morgan fingerprint density at radius 3 is 2.91 bits per heavy atom. The van der Waals surface area contributed by atoms with Crippen LogP contribution in [0.3, 0.4) is 0 Å². The molecular weight excluding hydrogens is 206 g/mol. The second-order valence-electron chi connectivity index (χ2n) is 2.31. The van der Waals surface area contributed by atoms with Crippen molar-refractivity contribution >= 4 is 21.4 Å². The molecule has 56 valence electrons. The van der Waals surface area contributed by atoms with Gasteiger partial charge in [-0.05, 0) is 22.9 Å². The average molecular weight is 212 g/mol. The zero-order valence-corrected chi connectivity index (χ0v) is 7.54. The van der Waals surface area contributed by atoms with Gasteiger partial charge >= 0.3 is 0 Å². The van der Waals surface area contributed by atoms with Gasteiger partial charge in [-0.1, -0.05) is 0 Å². The van der Waals surface area contributed by atoms with E-state index >= 15 is 0 Å². The molecule has 0 fully saturated rings. The first-order valence-corrected chi connectivity index (χ1v) is 4.02. The summed E-state index contributed by atoms with van der Waals surface area (Å²) in [5, 5.41) is 0. The van der Waals surface area contributed by atoms with Crippen LogP contribution < -0.4 is 0 Å². The van der Waals surface area contributed by atoms with Crippen LogP contribution in [0.1, 0.15) is 5.82 Å². The van der Waals surface area contributed by atoms with Gasteiger partial charge in [0.25, 0.3) is 0 Å². The highest BCUT2D eigenvalue weighted by Gasteiger charge is 1.97. The highest BCUT2D eigenvalue weighted by atomic mass is 79.9. The average Bonchev–Trinajstić information content (AvgIpc) is 2.33. The zero-order valence-electron chi connectivity index (χ0n) is 5.95. The number of hydrogen-bond acceptors (Lipinski definition) is 2. The normalized spacial score (nSPS) is 10.7. The molecule has 2 rings (SSSR count). The van der Waals surface area contributed by atoms with Crippen molar-refractivity contribution in [3.8, 4) is 0 Å². The first-order valence-electron chi connectivity index (χ1n) is 3.22. The van der Waals surface area contributed by atoms with Crippen molar-refractivity contribution in [3.05, 3.63) is 29.0 Å². The summed E-state index contributed by atoms with van der Waals surface area (Å²) in [6.07, 6.45) is 5.48. The van der Waals surface area contributed by atoms with Crippen LogP contribution in [0.25, 0.3) is 5.52 Å². The Labute approximate surface area is 72.2 Å². The Kier molecular flexibility index (Phi) is 1.42. The fraction of sp³-hybridized carbons (Fsp3) is 0.143. The van der Waals surface area contributed by atoms with Crippen molar-refractivity contribution < 1.29 is 0 Å². The minimum absolute atomic E-state index is 0.825. The lowest BCUT2D eigenvalue weighted by atomic mass is 10.6. The number of fused-ring (bicyclic) bond motifs is 1. The van der Waals surface area contributed by atoms with E-state index in [9.17, 15) is 0 Å². The second-order valence-corrected chi connectivity index (χ2v) is 3.12. The summed E-state index contributed by atoms with van der Waals surface area (Å²) in [5.74, 6) is 0.975. The molecule has 3 nitrogen and oxygen atoms in total. The topological polar surface area (TPSA) is 30.2 Å². The van der Waals surface area contributed by atoms with Crippen molar-refractivity contribution in [2.24, 2.45) is 0 Å². The van der Waals surface area contributed by atoms with Gasteiger partial charge in [-0.3, -0.25) is 4.40 Å². The standard InChI is InChI=1S/C7H6BrN3/c1-5-9-2-6-3-10-7(8)4-11(5)6/h2-4H,1H3. The molecule has 0 aliphatic heterocycles. The molecule has 0 atom stereocenters. The van der Waals surface area contributed by atoms with E-state index in [0.29, 0.717) is 0 Å². The molecule has 2 heterocycles. The second kappa shape index (κ2) is 2.30. The van der Waals surface area contributed by atoms with Crippen LogP contribution in [0.2, 0.25) is 0 Å². The molecule has 0 amide bonds. The van der Waals surface area contributed by atoms with Gasteiger partial charge in [0.05, 0.1) is 17.9 Å². The van der Waals surface area contributed by atoms with Crippen LogP contribution in [0.4, 0.5) is 0 Å². The van der Waals surface area contributed by atoms with E-state index in [0.717, 1.165) is 15.9 Å². The van der Waals surface area contributed by atoms with Crippen molar-refractivity contribution in [1.82, 2.24) is 14.4 Å². The first-order chi connectivity index (χ1) is 5.27. The lowest BCUT2D eigenvalue weighted by Gasteiger charge is -1.94. The smallest absolute Gasteiger partial charge is 0.122 e. The predicted octanol–water partition coefficient (Wildman–Crippen LogP) is 1.80. The summed E-state index contributed by atoms with van der Waals surface area (Å²) >= 11 is 3.29. The van der Waals surface area contributed by atoms with Gasteiger partial charge in [-0.2, -0.15) is 0 Å². The van der Waals surface area contributed by atoms with Crippen LogP contribution in [0.5, 0.6) is 0 Å². The van der Waals surface area contributed by atoms with E-state index in [1.54, 1.807) is 12.4 Å². The molecule has 4 heteroatoms. The third-order valence-electron chi connectivity index (χ3n) is 1.57. The maximum atomic E-state index is 4.14. The molecule has 0 aliphatic rings. The Morgan fingerprint density at radius 2 is 2.09 bits per heavy atom. The van der Waals surface area contributed by atoms with E-state index in [1.165, 1.54) is 0 Å². The molecule has 2 aromatic heterocycles. The van der Waals surface area contributed by atoms with Crippen molar-refractivity contribution in [1.29, 1.82) is 0 Å².